The molecule has 2 amide bonds. The first-order valence-electron chi connectivity index (χ1n) is 5.65. The van der Waals surface area contributed by atoms with Gasteiger partial charge >= 0.3 is 12.0 Å². The average molecular weight is 254 g/mol. The second-order valence-corrected chi connectivity index (χ2v) is 4.28. The first-order valence-corrected chi connectivity index (χ1v) is 5.65. The SMILES string of the molecule is CCC(C)(NC(=O)NCc1ccn(C)n1)C(=O)O. The predicted molar refractivity (Wildman–Crippen MR) is 64.9 cm³/mol. The third-order valence-electron chi connectivity index (χ3n) is 2.77. The van der Waals surface area contributed by atoms with Crippen LogP contribution in [0.3, 0.4) is 0 Å². The molecule has 1 atom stereocenters. The standard InChI is InChI=1S/C11H18N4O3/c1-4-11(2,9(16)17)13-10(18)12-7-8-5-6-15(3)14-8/h5-6H,4,7H2,1-3H3,(H,16,17)(H2,12,13,18). The zero-order valence-corrected chi connectivity index (χ0v) is 10.7. The van der Waals surface area contributed by atoms with Gasteiger partial charge < -0.3 is 15.7 Å². The fourth-order valence-corrected chi connectivity index (χ4v) is 1.32. The van der Waals surface area contributed by atoms with Crippen LogP contribution < -0.4 is 10.6 Å². The van der Waals surface area contributed by atoms with Crippen LogP contribution in [0.15, 0.2) is 12.3 Å². The molecule has 1 rings (SSSR count). The maximum atomic E-state index is 11.6. The molecular weight excluding hydrogens is 236 g/mol. The van der Waals surface area contributed by atoms with E-state index in [2.05, 4.69) is 15.7 Å². The van der Waals surface area contributed by atoms with Crippen molar-refractivity contribution in [2.24, 2.45) is 7.05 Å². The number of rotatable bonds is 5. The molecule has 18 heavy (non-hydrogen) atoms. The van der Waals surface area contributed by atoms with Crippen LogP contribution in [0.1, 0.15) is 26.0 Å². The molecule has 0 spiro atoms. The van der Waals surface area contributed by atoms with Crippen molar-refractivity contribution in [1.82, 2.24) is 20.4 Å². The lowest BCUT2D eigenvalue weighted by atomic mass is 10.00. The van der Waals surface area contributed by atoms with E-state index in [9.17, 15) is 9.59 Å². The number of nitrogens with zero attached hydrogens (tertiary/aromatic N) is 2. The summed E-state index contributed by atoms with van der Waals surface area (Å²) in [6.07, 6.45) is 2.07. The Balaban J connectivity index is 2.49. The van der Waals surface area contributed by atoms with Gasteiger partial charge in [-0.3, -0.25) is 4.68 Å². The second-order valence-electron chi connectivity index (χ2n) is 4.28. The number of hydrogen-bond donors (Lipinski definition) is 3. The van der Waals surface area contributed by atoms with Crippen LogP contribution in [0.2, 0.25) is 0 Å². The molecule has 7 heteroatoms. The van der Waals surface area contributed by atoms with Gasteiger partial charge in [0.05, 0.1) is 12.2 Å². The van der Waals surface area contributed by atoms with Gasteiger partial charge in [0.2, 0.25) is 0 Å². The number of carboxylic acid groups (broad SMARTS) is 1. The molecule has 0 aliphatic carbocycles. The highest BCUT2D eigenvalue weighted by atomic mass is 16.4. The number of aliphatic carboxylic acids is 1. The molecule has 0 saturated heterocycles. The van der Waals surface area contributed by atoms with Gasteiger partial charge in [-0.25, -0.2) is 9.59 Å². The number of carboxylic acids is 1. The summed E-state index contributed by atoms with van der Waals surface area (Å²) in [5.74, 6) is -1.06. The van der Waals surface area contributed by atoms with Crippen LogP contribution in [-0.4, -0.2) is 32.4 Å². The van der Waals surface area contributed by atoms with Crippen molar-refractivity contribution in [1.29, 1.82) is 0 Å². The lowest BCUT2D eigenvalue weighted by molar-refractivity contribution is -0.143. The summed E-state index contributed by atoms with van der Waals surface area (Å²) in [5.41, 5.74) is -0.546. The highest BCUT2D eigenvalue weighted by Gasteiger charge is 2.32. The summed E-state index contributed by atoms with van der Waals surface area (Å²) in [6.45, 7) is 3.43. The highest BCUT2D eigenvalue weighted by Crippen LogP contribution is 2.08. The molecule has 0 saturated carbocycles. The molecule has 100 valence electrons. The number of carbonyl (C=O) groups is 2. The minimum absolute atomic E-state index is 0.256. The number of aryl methyl sites for hydroxylation is 1. The number of hydrogen-bond acceptors (Lipinski definition) is 3. The van der Waals surface area contributed by atoms with Gasteiger partial charge in [-0.1, -0.05) is 6.92 Å². The summed E-state index contributed by atoms with van der Waals surface area (Å²) in [6, 6.07) is 1.25. The topological polar surface area (TPSA) is 96.3 Å². The zero-order valence-electron chi connectivity index (χ0n) is 10.7. The Labute approximate surface area is 105 Å². The molecule has 1 aromatic rings. The molecule has 0 fully saturated rings. The molecule has 1 unspecified atom stereocenters. The smallest absolute Gasteiger partial charge is 0.329 e. The van der Waals surface area contributed by atoms with Gasteiger partial charge in [0.1, 0.15) is 5.54 Å². The van der Waals surface area contributed by atoms with Crippen molar-refractivity contribution in [3.05, 3.63) is 18.0 Å². The summed E-state index contributed by atoms with van der Waals surface area (Å²) >= 11 is 0. The number of nitrogens with one attached hydrogen (secondary N) is 2. The largest absolute Gasteiger partial charge is 0.480 e. The maximum absolute atomic E-state index is 11.6. The lowest BCUT2D eigenvalue weighted by Crippen LogP contribution is -2.54. The van der Waals surface area contributed by atoms with Gasteiger partial charge in [-0.2, -0.15) is 5.10 Å². The maximum Gasteiger partial charge on any atom is 0.329 e. The molecule has 0 radical (unpaired) electrons. The average Bonchev–Trinajstić information content (AvgIpc) is 2.72. The summed E-state index contributed by atoms with van der Waals surface area (Å²) in [7, 11) is 1.78. The van der Waals surface area contributed by atoms with E-state index in [1.807, 2.05) is 0 Å². The van der Waals surface area contributed by atoms with E-state index in [0.29, 0.717) is 12.1 Å². The van der Waals surface area contributed by atoms with E-state index in [-0.39, 0.29) is 6.54 Å². The summed E-state index contributed by atoms with van der Waals surface area (Å²) < 4.78 is 1.63. The van der Waals surface area contributed by atoms with E-state index < -0.39 is 17.5 Å². The van der Waals surface area contributed by atoms with Crippen molar-refractivity contribution in [3.8, 4) is 0 Å². The molecule has 0 aromatic carbocycles. The van der Waals surface area contributed by atoms with Gasteiger partial charge in [0.25, 0.3) is 0 Å². The van der Waals surface area contributed by atoms with Gasteiger partial charge in [0, 0.05) is 13.2 Å². The van der Waals surface area contributed by atoms with Gasteiger partial charge in [-0.05, 0) is 19.4 Å². The van der Waals surface area contributed by atoms with E-state index in [1.165, 1.54) is 6.92 Å². The Morgan fingerprint density at radius 1 is 1.56 bits per heavy atom. The predicted octanol–water partition coefficient (Wildman–Crippen LogP) is 0.473. The van der Waals surface area contributed by atoms with E-state index in [1.54, 1.807) is 30.9 Å². The quantitative estimate of drug-likeness (QED) is 0.711. The number of urea groups is 1. The summed E-state index contributed by atoms with van der Waals surface area (Å²) in [5, 5.41) is 18.1. The van der Waals surface area contributed by atoms with Crippen molar-refractivity contribution >= 4 is 12.0 Å². The van der Waals surface area contributed by atoms with Crippen molar-refractivity contribution in [2.45, 2.75) is 32.4 Å². The van der Waals surface area contributed by atoms with Gasteiger partial charge in [-0.15, -0.1) is 0 Å². The molecule has 1 aromatic heterocycles. The molecule has 0 aliphatic rings. The van der Waals surface area contributed by atoms with E-state index >= 15 is 0 Å². The van der Waals surface area contributed by atoms with Crippen molar-refractivity contribution in [2.75, 3.05) is 0 Å². The van der Waals surface area contributed by atoms with Crippen LogP contribution in [0, 0.1) is 0 Å². The Hall–Kier alpha value is -2.05. The van der Waals surface area contributed by atoms with Crippen LogP contribution in [0.5, 0.6) is 0 Å². The Bertz CT molecular complexity index is 443. The van der Waals surface area contributed by atoms with Crippen LogP contribution in [0.25, 0.3) is 0 Å². The minimum Gasteiger partial charge on any atom is -0.480 e. The zero-order chi connectivity index (χ0) is 13.8. The molecule has 7 nitrogen and oxygen atoms in total. The monoisotopic (exact) mass is 254 g/mol. The van der Waals surface area contributed by atoms with Crippen LogP contribution >= 0.6 is 0 Å². The third kappa shape index (κ3) is 3.47. The van der Waals surface area contributed by atoms with Crippen LogP contribution in [-0.2, 0) is 18.4 Å². The first-order chi connectivity index (χ1) is 8.37. The molecule has 3 N–H and O–H groups in total. The Morgan fingerprint density at radius 2 is 2.22 bits per heavy atom. The fraction of sp³-hybridized carbons (Fsp3) is 0.545. The number of aromatic nitrogens is 2. The van der Waals surface area contributed by atoms with E-state index in [4.69, 9.17) is 5.11 Å². The minimum atomic E-state index is -1.26. The normalized spacial score (nSPS) is 13.7. The van der Waals surface area contributed by atoms with Gasteiger partial charge in [0.15, 0.2) is 0 Å². The Kier molecular flexibility index (Phi) is 4.30. The highest BCUT2D eigenvalue weighted by molar-refractivity contribution is 5.85. The van der Waals surface area contributed by atoms with Crippen molar-refractivity contribution in [3.63, 3.8) is 0 Å². The molecule has 1 heterocycles. The van der Waals surface area contributed by atoms with Crippen molar-refractivity contribution < 1.29 is 14.7 Å². The second kappa shape index (κ2) is 5.52. The first kappa shape index (κ1) is 14.0. The molecule has 0 aliphatic heterocycles. The lowest BCUT2D eigenvalue weighted by Gasteiger charge is -2.24. The Morgan fingerprint density at radius 3 is 2.67 bits per heavy atom. The molecule has 0 bridgehead atoms. The van der Waals surface area contributed by atoms with E-state index in [0.717, 1.165) is 0 Å². The number of carbonyl (C=O) groups excluding carboxylic acids is 1. The van der Waals surface area contributed by atoms with Crippen LogP contribution in [0.4, 0.5) is 4.79 Å². The number of amides is 2. The fourth-order valence-electron chi connectivity index (χ4n) is 1.32. The third-order valence-corrected chi connectivity index (χ3v) is 2.77. The summed E-state index contributed by atoms with van der Waals surface area (Å²) in [4.78, 5) is 22.6. The molecular formula is C11H18N4O3.